The highest BCUT2D eigenvalue weighted by atomic mass is 16.5. The van der Waals surface area contributed by atoms with Gasteiger partial charge < -0.3 is 10.5 Å². The normalized spacial score (nSPS) is 25.2. The van der Waals surface area contributed by atoms with Gasteiger partial charge in [-0.05, 0) is 63.1 Å². The minimum Gasteiger partial charge on any atom is -0.381 e. The number of hydrogen-bond donors (Lipinski definition) is 1. The first kappa shape index (κ1) is 16.7. The van der Waals surface area contributed by atoms with Crippen molar-refractivity contribution in [2.45, 2.75) is 63.3 Å². The fourth-order valence-electron chi connectivity index (χ4n) is 4.06. The summed E-state index contributed by atoms with van der Waals surface area (Å²) in [5.74, 6) is 3.00. The quantitative estimate of drug-likeness (QED) is 0.929. The lowest BCUT2D eigenvalue weighted by Crippen LogP contribution is -2.26. The molecule has 25 heavy (non-hydrogen) atoms. The van der Waals surface area contributed by atoms with Gasteiger partial charge in [0.1, 0.15) is 5.82 Å². The van der Waals surface area contributed by atoms with Gasteiger partial charge in [0.2, 0.25) is 0 Å². The van der Waals surface area contributed by atoms with E-state index in [1.54, 1.807) is 0 Å². The van der Waals surface area contributed by atoms with Crippen molar-refractivity contribution in [3.05, 3.63) is 41.5 Å². The van der Waals surface area contributed by atoms with Crippen LogP contribution in [0.2, 0.25) is 0 Å². The number of nitrogens with two attached hydrogens (primary N) is 1. The van der Waals surface area contributed by atoms with Crippen molar-refractivity contribution in [1.82, 2.24) is 14.8 Å². The molecular weight excluding hydrogens is 312 g/mol. The number of aromatic nitrogens is 3. The zero-order valence-electron chi connectivity index (χ0n) is 15.0. The standard InChI is InChI=1S/C20H28N4O/c1-14-3-2-4-18(13-14)24-20(16-5-7-17(21)8-6-16)22-19(23-24)15-9-11-25-12-10-15/h2-4,13,15-17H,5-12,21H2,1H3. The topological polar surface area (TPSA) is 66.0 Å². The smallest absolute Gasteiger partial charge is 0.154 e. The highest BCUT2D eigenvalue weighted by molar-refractivity contribution is 5.36. The molecule has 2 heterocycles. The lowest BCUT2D eigenvalue weighted by molar-refractivity contribution is 0.0836. The predicted molar refractivity (Wildman–Crippen MR) is 98.1 cm³/mol. The van der Waals surface area contributed by atoms with E-state index in [0.29, 0.717) is 17.9 Å². The lowest BCUT2D eigenvalue weighted by Gasteiger charge is -2.25. The van der Waals surface area contributed by atoms with Gasteiger partial charge in [0.05, 0.1) is 5.69 Å². The van der Waals surface area contributed by atoms with Crippen LogP contribution >= 0.6 is 0 Å². The van der Waals surface area contributed by atoms with Crippen LogP contribution in [0, 0.1) is 6.92 Å². The summed E-state index contributed by atoms with van der Waals surface area (Å²) >= 11 is 0. The molecule has 0 bridgehead atoms. The first-order chi connectivity index (χ1) is 12.2. The van der Waals surface area contributed by atoms with Crippen molar-refractivity contribution < 1.29 is 4.74 Å². The van der Waals surface area contributed by atoms with E-state index < -0.39 is 0 Å². The summed E-state index contributed by atoms with van der Waals surface area (Å²) in [6, 6.07) is 8.90. The fraction of sp³-hybridized carbons (Fsp3) is 0.600. The summed E-state index contributed by atoms with van der Waals surface area (Å²) < 4.78 is 7.61. The lowest BCUT2D eigenvalue weighted by atomic mass is 9.86. The van der Waals surface area contributed by atoms with Crippen LogP contribution in [0.5, 0.6) is 0 Å². The largest absolute Gasteiger partial charge is 0.381 e. The van der Waals surface area contributed by atoms with E-state index in [2.05, 4.69) is 35.9 Å². The van der Waals surface area contributed by atoms with Crippen molar-refractivity contribution in [3.63, 3.8) is 0 Å². The molecule has 0 radical (unpaired) electrons. The molecule has 0 amide bonds. The molecule has 1 saturated carbocycles. The molecule has 2 aliphatic rings. The van der Waals surface area contributed by atoms with Crippen LogP contribution in [0.1, 0.15) is 67.6 Å². The third kappa shape index (κ3) is 3.62. The van der Waals surface area contributed by atoms with E-state index >= 15 is 0 Å². The highest BCUT2D eigenvalue weighted by Gasteiger charge is 2.28. The summed E-state index contributed by atoms with van der Waals surface area (Å²) in [4.78, 5) is 5.04. The molecule has 1 saturated heterocycles. The summed E-state index contributed by atoms with van der Waals surface area (Å²) in [7, 11) is 0. The maximum Gasteiger partial charge on any atom is 0.154 e. The van der Waals surface area contributed by atoms with E-state index in [1.165, 1.54) is 5.56 Å². The maximum absolute atomic E-state index is 6.11. The van der Waals surface area contributed by atoms with Crippen LogP contribution in [0.3, 0.4) is 0 Å². The highest BCUT2D eigenvalue weighted by Crippen LogP contribution is 2.34. The molecule has 0 spiro atoms. The Labute approximate surface area is 149 Å². The van der Waals surface area contributed by atoms with Gasteiger partial charge in [-0.25, -0.2) is 9.67 Å². The molecular formula is C20H28N4O. The van der Waals surface area contributed by atoms with Crippen LogP contribution in [0.25, 0.3) is 5.69 Å². The molecule has 0 unspecified atom stereocenters. The Hall–Kier alpha value is -1.72. The van der Waals surface area contributed by atoms with Crippen LogP contribution in [0.4, 0.5) is 0 Å². The van der Waals surface area contributed by atoms with E-state index in [9.17, 15) is 0 Å². The number of nitrogens with zero attached hydrogens (tertiary/aromatic N) is 3. The second-order valence-electron chi connectivity index (χ2n) is 7.58. The van der Waals surface area contributed by atoms with E-state index in [1.807, 2.05) is 0 Å². The van der Waals surface area contributed by atoms with Crippen LogP contribution < -0.4 is 5.73 Å². The third-order valence-corrected chi connectivity index (χ3v) is 5.62. The van der Waals surface area contributed by atoms with Crippen molar-refractivity contribution in [2.24, 2.45) is 5.73 Å². The molecule has 1 aromatic heterocycles. The number of ether oxygens (including phenoxy) is 1. The van der Waals surface area contributed by atoms with Crippen LogP contribution in [0.15, 0.2) is 24.3 Å². The molecule has 5 nitrogen and oxygen atoms in total. The van der Waals surface area contributed by atoms with Gasteiger partial charge in [0.15, 0.2) is 5.82 Å². The first-order valence-corrected chi connectivity index (χ1v) is 9.58. The average Bonchev–Trinajstić information content (AvgIpc) is 3.08. The summed E-state index contributed by atoms with van der Waals surface area (Å²) in [5, 5.41) is 4.96. The Morgan fingerprint density at radius 3 is 2.52 bits per heavy atom. The Morgan fingerprint density at radius 2 is 1.80 bits per heavy atom. The number of hydrogen-bond acceptors (Lipinski definition) is 4. The molecule has 4 rings (SSSR count). The maximum atomic E-state index is 6.11. The number of rotatable bonds is 3. The second-order valence-corrected chi connectivity index (χ2v) is 7.58. The molecule has 1 aliphatic heterocycles. The van der Waals surface area contributed by atoms with Crippen LogP contribution in [-0.2, 0) is 4.74 Å². The van der Waals surface area contributed by atoms with Gasteiger partial charge in [-0.2, -0.15) is 5.10 Å². The van der Waals surface area contributed by atoms with Gasteiger partial charge in [0.25, 0.3) is 0 Å². The van der Waals surface area contributed by atoms with Crippen molar-refractivity contribution in [2.75, 3.05) is 13.2 Å². The zero-order valence-corrected chi connectivity index (χ0v) is 15.0. The molecule has 5 heteroatoms. The SMILES string of the molecule is Cc1cccc(-n2nc(C3CCOCC3)nc2C2CCC(N)CC2)c1. The summed E-state index contributed by atoms with van der Waals surface area (Å²) in [6.07, 6.45) is 6.42. The Morgan fingerprint density at radius 1 is 1.04 bits per heavy atom. The molecule has 0 atom stereocenters. The Kier molecular flexibility index (Phi) is 4.86. The Bertz CT molecular complexity index is 712. The second kappa shape index (κ2) is 7.26. The molecule has 2 fully saturated rings. The molecule has 1 aliphatic carbocycles. The van der Waals surface area contributed by atoms with Gasteiger partial charge in [-0.3, -0.25) is 0 Å². The van der Waals surface area contributed by atoms with Crippen molar-refractivity contribution in [1.29, 1.82) is 0 Å². The third-order valence-electron chi connectivity index (χ3n) is 5.62. The predicted octanol–water partition coefficient (Wildman–Crippen LogP) is 3.45. The van der Waals surface area contributed by atoms with E-state index in [-0.39, 0.29) is 0 Å². The molecule has 1 aromatic carbocycles. The average molecular weight is 340 g/mol. The van der Waals surface area contributed by atoms with Crippen molar-refractivity contribution >= 4 is 0 Å². The van der Waals surface area contributed by atoms with E-state index in [0.717, 1.165) is 69.1 Å². The summed E-state index contributed by atoms with van der Waals surface area (Å²) in [5.41, 5.74) is 8.48. The first-order valence-electron chi connectivity index (χ1n) is 9.58. The Balaban J connectivity index is 1.70. The van der Waals surface area contributed by atoms with Crippen molar-refractivity contribution in [3.8, 4) is 5.69 Å². The van der Waals surface area contributed by atoms with Gasteiger partial charge in [-0.15, -0.1) is 0 Å². The minimum absolute atomic E-state index is 0.349. The number of benzene rings is 1. The van der Waals surface area contributed by atoms with E-state index in [4.69, 9.17) is 20.6 Å². The minimum atomic E-state index is 0.349. The summed E-state index contributed by atoms with van der Waals surface area (Å²) in [6.45, 7) is 3.76. The van der Waals surface area contributed by atoms with Crippen LogP contribution in [-0.4, -0.2) is 34.0 Å². The number of aryl methyl sites for hydroxylation is 1. The molecule has 134 valence electrons. The molecule has 2 N–H and O–H groups in total. The fourth-order valence-corrected chi connectivity index (χ4v) is 4.06. The van der Waals surface area contributed by atoms with Gasteiger partial charge in [0, 0.05) is 31.1 Å². The van der Waals surface area contributed by atoms with Gasteiger partial charge >= 0.3 is 0 Å². The van der Waals surface area contributed by atoms with Gasteiger partial charge in [-0.1, -0.05) is 12.1 Å². The molecule has 2 aromatic rings. The monoisotopic (exact) mass is 340 g/mol. The zero-order chi connectivity index (χ0) is 17.2.